The lowest BCUT2D eigenvalue weighted by Gasteiger charge is -2.25. The van der Waals surface area contributed by atoms with Gasteiger partial charge in [0.25, 0.3) is 0 Å². The molecule has 0 heterocycles. The molecule has 0 radical (unpaired) electrons. The second-order valence-corrected chi connectivity index (χ2v) is 6.01. The van der Waals surface area contributed by atoms with Crippen molar-refractivity contribution in [3.05, 3.63) is 28.7 Å². The van der Waals surface area contributed by atoms with Gasteiger partial charge >= 0.3 is 5.97 Å². The van der Waals surface area contributed by atoms with E-state index in [-0.39, 0.29) is 24.5 Å². The minimum absolute atomic E-state index is 0.0102. The molecule has 1 aromatic carbocycles. The molecular formula is C15H18BrNO4. The van der Waals surface area contributed by atoms with E-state index in [1.54, 1.807) is 6.07 Å². The van der Waals surface area contributed by atoms with Crippen LogP contribution in [0.1, 0.15) is 25.7 Å². The highest BCUT2D eigenvalue weighted by atomic mass is 79.9. The number of hydrogen-bond donors (Lipinski definition) is 2. The fourth-order valence-electron chi connectivity index (χ4n) is 2.42. The number of hydrogen-bond acceptors (Lipinski definition) is 3. The van der Waals surface area contributed by atoms with E-state index < -0.39 is 5.97 Å². The number of nitrogens with one attached hydrogen (secondary N) is 1. The third kappa shape index (κ3) is 4.82. The quantitative estimate of drug-likeness (QED) is 0.850. The molecule has 1 aliphatic rings. The minimum atomic E-state index is -0.736. The summed E-state index contributed by atoms with van der Waals surface area (Å²) in [6.07, 6.45) is 2.60. The number of rotatable bonds is 5. The van der Waals surface area contributed by atoms with Crippen molar-refractivity contribution in [1.82, 2.24) is 0 Å². The third-order valence-electron chi connectivity index (χ3n) is 3.62. The molecule has 0 bridgehead atoms. The Bertz CT molecular complexity index is 512. The normalized spacial score (nSPS) is 21.8. The maximum absolute atomic E-state index is 11.8. The molecule has 0 atom stereocenters. The van der Waals surface area contributed by atoms with Crippen LogP contribution in [0.5, 0.6) is 0 Å². The van der Waals surface area contributed by atoms with E-state index in [9.17, 15) is 9.59 Å². The Morgan fingerprint density at radius 2 is 1.90 bits per heavy atom. The van der Waals surface area contributed by atoms with Gasteiger partial charge in [0.2, 0.25) is 5.91 Å². The molecule has 0 aliphatic heterocycles. The van der Waals surface area contributed by atoms with Gasteiger partial charge in [-0.05, 0) is 53.7 Å². The standard InChI is InChI=1S/C15H18BrNO4/c16-12-3-1-2-4-13(12)17-14(18)9-21-11-7-5-10(6-8-11)15(19)20/h1-4,10-11H,5-9H2,(H,17,18)(H,19,20). The molecule has 114 valence electrons. The molecule has 2 N–H and O–H groups in total. The van der Waals surface area contributed by atoms with Gasteiger partial charge in [0.05, 0.1) is 17.7 Å². The zero-order chi connectivity index (χ0) is 15.2. The van der Waals surface area contributed by atoms with Crippen LogP contribution < -0.4 is 5.32 Å². The summed E-state index contributed by atoms with van der Waals surface area (Å²) >= 11 is 3.36. The number of benzene rings is 1. The van der Waals surface area contributed by atoms with Gasteiger partial charge in [-0.15, -0.1) is 0 Å². The van der Waals surface area contributed by atoms with Crippen LogP contribution in [0.25, 0.3) is 0 Å². The summed E-state index contributed by atoms with van der Waals surface area (Å²) in [4.78, 5) is 22.7. The highest BCUT2D eigenvalue weighted by Crippen LogP contribution is 2.26. The molecule has 1 aromatic rings. The van der Waals surface area contributed by atoms with Crippen molar-refractivity contribution in [3.8, 4) is 0 Å². The lowest BCUT2D eigenvalue weighted by molar-refractivity contribution is -0.144. The molecule has 1 saturated carbocycles. The van der Waals surface area contributed by atoms with E-state index in [1.165, 1.54) is 0 Å². The van der Waals surface area contributed by atoms with Crippen molar-refractivity contribution >= 4 is 33.5 Å². The summed E-state index contributed by atoms with van der Waals surface area (Å²) in [5.74, 6) is -1.21. The average molecular weight is 356 g/mol. The zero-order valence-corrected chi connectivity index (χ0v) is 13.1. The first kappa shape index (κ1) is 16.0. The summed E-state index contributed by atoms with van der Waals surface area (Å²) in [5, 5.41) is 11.7. The largest absolute Gasteiger partial charge is 0.481 e. The molecule has 1 aliphatic carbocycles. The smallest absolute Gasteiger partial charge is 0.306 e. The number of amides is 1. The second-order valence-electron chi connectivity index (χ2n) is 5.15. The summed E-state index contributed by atoms with van der Waals surface area (Å²) < 4.78 is 6.38. The van der Waals surface area contributed by atoms with Crippen LogP contribution in [-0.2, 0) is 14.3 Å². The summed E-state index contributed by atoms with van der Waals surface area (Å²) in [6.45, 7) is -0.0102. The van der Waals surface area contributed by atoms with Crippen molar-refractivity contribution in [1.29, 1.82) is 0 Å². The van der Waals surface area contributed by atoms with E-state index in [2.05, 4.69) is 21.2 Å². The van der Waals surface area contributed by atoms with E-state index in [0.717, 1.165) is 4.47 Å². The highest BCUT2D eigenvalue weighted by Gasteiger charge is 2.26. The Labute approximate surface area is 131 Å². The monoisotopic (exact) mass is 355 g/mol. The van der Waals surface area contributed by atoms with Crippen molar-refractivity contribution in [2.24, 2.45) is 5.92 Å². The first-order valence-corrected chi connectivity index (χ1v) is 7.74. The number of para-hydroxylation sites is 1. The van der Waals surface area contributed by atoms with Crippen LogP contribution in [0, 0.1) is 5.92 Å². The molecule has 6 heteroatoms. The Kier molecular flexibility index (Phi) is 5.76. The van der Waals surface area contributed by atoms with Gasteiger partial charge in [-0.1, -0.05) is 12.1 Å². The first-order chi connectivity index (χ1) is 10.1. The maximum Gasteiger partial charge on any atom is 0.306 e. The van der Waals surface area contributed by atoms with Crippen LogP contribution in [-0.4, -0.2) is 29.7 Å². The topological polar surface area (TPSA) is 75.6 Å². The van der Waals surface area contributed by atoms with Crippen molar-refractivity contribution < 1.29 is 19.4 Å². The van der Waals surface area contributed by atoms with E-state index in [0.29, 0.717) is 31.4 Å². The first-order valence-electron chi connectivity index (χ1n) is 6.95. The molecule has 2 rings (SSSR count). The average Bonchev–Trinajstić information content (AvgIpc) is 2.48. The SMILES string of the molecule is O=C(COC1CCC(C(=O)O)CC1)Nc1ccccc1Br. The molecule has 0 aromatic heterocycles. The van der Waals surface area contributed by atoms with Gasteiger partial charge in [0, 0.05) is 4.47 Å². The number of anilines is 1. The van der Waals surface area contributed by atoms with E-state index >= 15 is 0 Å². The highest BCUT2D eigenvalue weighted by molar-refractivity contribution is 9.10. The summed E-state index contributed by atoms with van der Waals surface area (Å²) in [5.41, 5.74) is 0.709. The van der Waals surface area contributed by atoms with Crippen LogP contribution in [0.4, 0.5) is 5.69 Å². The van der Waals surface area contributed by atoms with E-state index in [4.69, 9.17) is 9.84 Å². The summed E-state index contributed by atoms with van der Waals surface area (Å²) in [7, 11) is 0. The van der Waals surface area contributed by atoms with Gasteiger partial charge in [0.15, 0.2) is 0 Å². The van der Waals surface area contributed by atoms with Gasteiger partial charge in [-0.2, -0.15) is 0 Å². The summed E-state index contributed by atoms with van der Waals surface area (Å²) in [6, 6.07) is 7.37. The van der Waals surface area contributed by atoms with Crippen LogP contribution >= 0.6 is 15.9 Å². The molecule has 0 saturated heterocycles. The molecular weight excluding hydrogens is 338 g/mol. The number of ether oxygens (including phenoxy) is 1. The second kappa shape index (κ2) is 7.56. The number of carboxylic acid groups (broad SMARTS) is 1. The molecule has 1 fully saturated rings. The molecule has 21 heavy (non-hydrogen) atoms. The lowest BCUT2D eigenvalue weighted by atomic mass is 9.87. The number of carboxylic acids is 1. The van der Waals surface area contributed by atoms with Gasteiger partial charge in [0.1, 0.15) is 6.61 Å². The molecule has 0 spiro atoms. The van der Waals surface area contributed by atoms with Gasteiger partial charge in [-0.25, -0.2) is 0 Å². The van der Waals surface area contributed by atoms with Crippen molar-refractivity contribution in [3.63, 3.8) is 0 Å². The third-order valence-corrected chi connectivity index (χ3v) is 4.31. The van der Waals surface area contributed by atoms with Crippen LogP contribution in [0.15, 0.2) is 28.7 Å². The lowest BCUT2D eigenvalue weighted by Crippen LogP contribution is -2.29. The predicted molar refractivity (Wildman–Crippen MR) is 82.1 cm³/mol. The molecule has 0 unspecified atom stereocenters. The number of aliphatic carboxylic acids is 1. The van der Waals surface area contributed by atoms with Gasteiger partial charge in [-0.3, -0.25) is 9.59 Å². The van der Waals surface area contributed by atoms with E-state index in [1.807, 2.05) is 18.2 Å². The fourth-order valence-corrected chi connectivity index (χ4v) is 2.80. The fraction of sp³-hybridized carbons (Fsp3) is 0.467. The Morgan fingerprint density at radius 1 is 1.24 bits per heavy atom. The minimum Gasteiger partial charge on any atom is -0.481 e. The Hall–Kier alpha value is -1.40. The number of carbonyl (C=O) groups is 2. The van der Waals surface area contributed by atoms with Crippen LogP contribution in [0.3, 0.4) is 0 Å². The Balaban J connectivity index is 1.73. The number of carbonyl (C=O) groups excluding carboxylic acids is 1. The Morgan fingerprint density at radius 3 is 2.52 bits per heavy atom. The van der Waals surface area contributed by atoms with Gasteiger partial charge < -0.3 is 15.2 Å². The number of halogens is 1. The zero-order valence-electron chi connectivity index (χ0n) is 11.5. The molecule has 5 nitrogen and oxygen atoms in total. The maximum atomic E-state index is 11.8. The molecule has 1 amide bonds. The predicted octanol–water partition coefficient (Wildman–Crippen LogP) is 3.05. The van der Waals surface area contributed by atoms with Crippen molar-refractivity contribution in [2.45, 2.75) is 31.8 Å². The van der Waals surface area contributed by atoms with Crippen molar-refractivity contribution in [2.75, 3.05) is 11.9 Å². The van der Waals surface area contributed by atoms with Crippen LogP contribution in [0.2, 0.25) is 0 Å².